The third-order valence-electron chi connectivity index (χ3n) is 4.83. The number of likely N-dealkylation sites (tertiary alicyclic amines) is 1. The van der Waals surface area contributed by atoms with Crippen LogP contribution in [0.25, 0.3) is 0 Å². The first-order chi connectivity index (χ1) is 11.8. The van der Waals surface area contributed by atoms with E-state index in [1.807, 2.05) is 0 Å². The molecule has 2 aromatic rings. The van der Waals surface area contributed by atoms with E-state index in [9.17, 15) is 0 Å². The van der Waals surface area contributed by atoms with Gasteiger partial charge in [0.15, 0.2) is 0 Å². The molecule has 0 saturated carbocycles. The van der Waals surface area contributed by atoms with Gasteiger partial charge in [0.2, 0.25) is 0 Å². The van der Waals surface area contributed by atoms with Crippen molar-refractivity contribution < 1.29 is 4.74 Å². The number of ether oxygens (including phenoxy) is 1. The SMILES string of the molecule is CCOCC1(Nc2ccccc2)CCN(Cc2ccccc2)CC1.Cl.Cl. The van der Waals surface area contributed by atoms with Gasteiger partial charge in [-0.05, 0) is 37.5 Å². The second-order valence-corrected chi connectivity index (χ2v) is 6.67. The Morgan fingerprint density at radius 3 is 2.08 bits per heavy atom. The van der Waals surface area contributed by atoms with Crippen LogP contribution < -0.4 is 5.32 Å². The Morgan fingerprint density at radius 2 is 1.50 bits per heavy atom. The normalized spacial score (nSPS) is 16.2. The summed E-state index contributed by atoms with van der Waals surface area (Å²) in [5.74, 6) is 0. The zero-order valence-electron chi connectivity index (χ0n) is 15.4. The Kier molecular flexibility index (Phi) is 10.0. The Balaban J connectivity index is 0.00000169. The smallest absolute Gasteiger partial charge is 0.0697 e. The zero-order chi connectivity index (χ0) is 16.7. The van der Waals surface area contributed by atoms with Gasteiger partial charge < -0.3 is 10.1 Å². The van der Waals surface area contributed by atoms with Gasteiger partial charge in [0.05, 0.1) is 12.1 Å². The van der Waals surface area contributed by atoms with Crippen molar-refractivity contribution in [2.24, 2.45) is 0 Å². The van der Waals surface area contributed by atoms with Crippen molar-refractivity contribution in [2.45, 2.75) is 31.8 Å². The lowest BCUT2D eigenvalue weighted by Crippen LogP contribution is -2.52. The molecule has 0 spiro atoms. The molecule has 1 aliphatic heterocycles. The highest BCUT2D eigenvalue weighted by atomic mass is 35.5. The molecule has 0 radical (unpaired) electrons. The highest BCUT2D eigenvalue weighted by Crippen LogP contribution is 2.28. The van der Waals surface area contributed by atoms with E-state index in [4.69, 9.17) is 4.74 Å². The van der Waals surface area contributed by atoms with Crippen LogP contribution in [-0.2, 0) is 11.3 Å². The van der Waals surface area contributed by atoms with E-state index >= 15 is 0 Å². The van der Waals surface area contributed by atoms with E-state index in [1.54, 1.807) is 0 Å². The summed E-state index contributed by atoms with van der Waals surface area (Å²) in [6.45, 7) is 6.85. The minimum absolute atomic E-state index is 0. The number of rotatable bonds is 7. The molecule has 1 fully saturated rings. The molecule has 1 heterocycles. The molecule has 3 rings (SSSR count). The molecule has 5 heteroatoms. The number of halogens is 2. The molecule has 1 aliphatic rings. The number of hydrogen-bond donors (Lipinski definition) is 1. The van der Waals surface area contributed by atoms with Crippen LogP contribution >= 0.6 is 24.8 Å². The van der Waals surface area contributed by atoms with E-state index in [-0.39, 0.29) is 30.4 Å². The van der Waals surface area contributed by atoms with Crippen LogP contribution in [-0.4, -0.2) is 36.7 Å². The van der Waals surface area contributed by atoms with Crippen molar-refractivity contribution in [2.75, 3.05) is 31.6 Å². The maximum absolute atomic E-state index is 5.82. The molecule has 0 aliphatic carbocycles. The van der Waals surface area contributed by atoms with Gasteiger partial charge in [-0.2, -0.15) is 0 Å². The largest absolute Gasteiger partial charge is 0.379 e. The number of benzene rings is 2. The van der Waals surface area contributed by atoms with E-state index in [1.165, 1.54) is 11.3 Å². The molecule has 0 amide bonds. The second-order valence-electron chi connectivity index (χ2n) is 6.67. The van der Waals surface area contributed by atoms with Crippen LogP contribution in [0.4, 0.5) is 5.69 Å². The molecule has 3 nitrogen and oxygen atoms in total. The van der Waals surface area contributed by atoms with Crippen LogP contribution in [0.15, 0.2) is 60.7 Å². The fourth-order valence-corrected chi connectivity index (χ4v) is 3.41. The maximum Gasteiger partial charge on any atom is 0.0697 e. The first kappa shape index (κ1) is 22.8. The standard InChI is InChI=1S/C21H28N2O.2ClH/c1-2-24-18-21(22-20-11-7-4-8-12-20)13-15-23(16-14-21)17-19-9-5-3-6-10-19;;/h3-12,22H,2,13-18H2,1H3;2*1H. The molecule has 0 unspecified atom stereocenters. The quantitative estimate of drug-likeness (QED) is 0.711. The van der Waals surface area contributed by atoms with Gasteiger partial charge in [-0.25, -0.2) is 0 Å². The van der Waals surface area contributed by atoms with Crippen LogP contribution in [0, 0.1) is 0 Å². The average molecular weight is 397 g/mol. The minimum atomic E-state index is 0. The van der Waals surface area contributed by atoms with Gasteiger partial charge in [0.1, 0.15) is 0 Å². The number of nitrogens with zero attached hydrogens (tertiary/aromatic N) is 1. The molecular weight excluding hydrogens is 367 g/mol. The highest BCUT2D eigenvalue weighted by Gasteiger charge is 2.34. The summed E-state index contributed by atoms with van der Waals surface area (Å²) >= 11 is 0. The van der Waals surface area contributed by atoms with E-state index in [0.717, 1.165) is 45.7 Å². The molecule has 144 valence electrons. The number of anilines is 1. The molecule has 0 bridgehead atoms. The van der Waals surface area contributed by atoms with Crippen LogP contribution in [0.2, 0.25) is 0 Å². The van der Waals surface area contributed by atoms with Gasteiger partial charge in [-0.3, -0.25) is 4.90 Å². The number of hydrogen-bond acceptors (Lipinski definition) is 3. The van der Waals surface area contributed by atoms with Gasteiger partial charge in [-0.15, -0.1) is 24.8 Å². The van der Waals surface area contributed by atoms with Crippen molar-refractivity contribution in [3.63, 3.8) is 0 Å². The number of nitrogens with one attached hydrogen (secondary N) is 1. The van der Waals surface area contributed by atoms with Crippen LogP contribution in [0.1, 0.15) is 25.3 Å². The van der Waals surface area contributed by atoms with E-state index in [2.05, 4.69) is 77.8 Å². The zero-order valence-corrected chi connectivity index (χ0v) is 17.0. The summed E-state index contributed by atoms with van der Waals surface area (Å²) in [4.78, 5) is 2.55. The van der Waals surface area contributed by atoms with Gasteiger partial charge in [0, 0.05) is 31.9 Å². The highest BCUT2D eigenvalue weighted by molar-refractivity contribution is 5.85. The molecule has 1 saturated heterocycles. The van der Waals surface area contributed by atoms with Crippen molar-refractivity contribution in [1.29, 1.82) is 0 Å². The summed E-state index contributed by atoms with van der Waals surface area (Å²) in [5.41, 5.74) is 2.63. The monoisotopic (exact) mass is 396 g/mol. The lowest BCUT2D eigenvalue weighted by molar-refractivity contribution is 0.0631. The summed E-state index contributed by atoms with van der Waals surface area (Å²) in [5, 5.41) is 3.76. The van der Waals surface area contributed by atoms with Crippen molar-refractivity contribution >= 4 is 30.5 Å². The van der Waals surface area contributed by atoms with Gasteiger partial charge >= 0.3 is 0 Å². The van der Waals surface area contributed by atoms with Crippen LogP contribution in [0.5, 0.6) is 0 Å². The van der Waals surface area contributed by atoms with Crippen molar-refractivity contribution in [1.82, 2.24) is 4.90 Å². The second kappa shape index (κ2) is 11.5. The molecule has 0 atom stereocenters. The molecule has 2 aromatic carbocycles. The predicted molar refractivity (Wildman–Crippen MR) is 115 cm³/mol. The van der Waals surface area contributed by atoms with Gasteiger partial charge in [0.25, 0.3) is 0 Å². The Hall–Kier alpha value is -1.26. The van der Waals surface area contributed by atoms with Crippen molar-refractivity contribution in [3.05, 3.63) is 66.2 Å². The number of piperidine rings is 1. The summed E-state index contributed by atoms with van der Waals surface area (Å²) in [6.07, 6.45) is 2.21. The first-order valence-corrected chi connectivity index (χ1v) is 8.97. The lowest BCUT2D eigenvalue weighted by atomic mass is 9.87. The predicted octanol–water partition coefficient (Wildman–Crippen LogP) is 5.01. The fraction of sp³-hybridized carbons (Fsp3) is 0.429. The fourth-order valence-electron chi connectivity index (χ4n) is 3.41. The maximum atomic E-state index is 5.82. The third kappa shape index (κ3) is 6.48. The summed E-state index contributed by atoms with van der Waals surface area (Å²) < 4.78 is 5.82. The molecule has 0 aromatic heterocycles. The molecular formula is C21H30Cl2N2O. The Bertz CT molecular complexity index is 602. The van der Waals surface area contributed by atoms with E-state index in [0.29, 0.717) is 0 Å². The lowest BCUT2D eigenvalue weighted by Gasteiger charge is -2.43. The topological polar surface area (TPSA) is 24.5 Å². The van der Waals surface area contributed by atoms with Crippen LogP contribution in [0.3, 0.4) is 0 Å². The Labute approximate surface area is 169 Å². The number of para-hydroxylation sites is 1. The summed E-state index contributed by atoms with van der Waals surface area (Å²) in [7, 11) is 0. The average Bonchev–Trinajstić information content (AvgIpc) is 2.64. The molecule has 1 N–H and O–H groups in total. The summed E-state index contributed by atoms with van der Waals surface area (Å²) in [6, 6.07) is 21.3. The van der Waals surface area contributed by atoms with Gasteiger partial charge in [-0.1, -0.05) is 48.5 Å². The van der Waals surface area contributed by atoms with E-state index < -0.39 is 0 Å². The third-order valence-corrected chi connectivity index (χ3v) is 4.83. The molecule has 26 heavy (non-hydrogen) atoms. The Morgan fingerprint density at radius 1 is 0.923 bits per heavy atom. The van der Waals surface area contributed by atoms with Crippen molar-refractivity contribution in [3.8, 4) is 0 Å². The first-order valence-electron chi connectivity index (χ1n) is 8.97. The minimum Gasteiger partial charge on any atom is -0.379 e.